The molecular formula is C20H17N3O3. The van der Waals surface area contributed by atoms with Crippen LogP contribution >= 0.6 is 0 Å². The standard InChI is InChI=1S/C20H17N3O3/c1-12-15(11-13-7-6-10-17(25-3)18(13)21-12)20-23-22-19(26-20)14-8-4-5-9-16(14)24-2/h4-11H,1-3H3. The van der Waals surface area contributed by atoms with E-state index in [-0.39, 0.29) is 0 Å². The normalized spacial score (nSPS) is 10.9. The summed E-state index contributed by atoms with van der Waals surface area (Å²) in [4.78, 5) is 4.66. The number of ether oxygens (including phenoxy) is 2. The molecule has 0 spiro atoms. The summed E-state index contributed by atoms with van der Waals surface area (Å²) in [6.45, 7) is 1.91. The number of aromatic nitrogens is 3. The van der Waals surface area contributed by atoms with Gasteiger partial charge in [0.25, 0.3) is 5.89 Å². The van der Waals surface area contributed by atoms with E-state index in [1.54, 1.807) is 14.2 Å². The van der Waals surface area contributed by atoms with Gasteiger partial charge in [-0.15, -0.1) is 10.2 Å². The maximum Gasteiger partial charge on any atom is 0.251 e. The number of pyridine rings is 1. The van der Waals surface area contributed by atoms with E-state index in [0.29, 0.717) is 17.5 Å². The summed E-state index contributed by atoms with van der Waals surface area (Å²) < 4.78 is 16.7. The zero-order chi connectivity index (χ0) is 18.1. The number of benzene rings is 2. The van der Waals surface area contributed by atoms with Crippen LogP contribution in [0.15, 0.2) is 52.9 Å². The lowest BCUT2D eigenvalue weighted by Crippen LogP contribution is -1.93. The van der Waals surface area contributed by atoms with Crippen molar-refractivity contribution >= 4 is 10.9 Å². The lowest BCUT2D eigenvalue weighted by atomic mass is 10.1. The largest absolute Gasteiger partial charge is 0.496 e. The van der Waals surface area contributed by atoms with E-state index in [0.717, 1.165) is 33.5 Å². The molecule has 0 aliphatic carbocycles. The van der Waals surface area contributed by atoms with E-state index in [1.165, 1.54) is 0 Å². The molecule has 2 heterocycles. The number of rotatable bonds is 4. The Morgan fingerprint density at radius 3 is 2.27 bits per heavy atom. The number of para-hydroxylation sites is 2. The molecule has 26 heavy (non-hydrogen) atoms. The van der Waals surface area contributed by atoms with Gasteiger partial charge in [-0.25, -0.2) is 4.98 Å². The van der Waals surface area contributed by atoms with Crippen LogP contribution in [0, 0.1) is 6.92 Å². The highest BCUT2D eigenvalue weighted by Crippen LogP contribution is 2.33. The van der Waals surface area contributed by atoms with Crippen LogP contribution in [0.25, 0.3) is 33.8 Å². The monoisotopic (exact) mass is 347 g/mol. The molecule has 0 fully saturated rings. The molecule has 0 saturated carbocycles. The van der Waals surface area contributed by atoms with Crippen LogP contribution in [-0.4, -0.2) is 29.4 Å². The highest BCUT2D eigenvalue weighted by atomic mass is 16.5. The summed E-state index contributed by atoms with van der Waals surface area (Å²) >= 11 is 0. The van der Waals surface area contributed by atoms with Crippen molar-refractivity contribution in [3.63, 3.8) is 0 Å². The van der Waals surface area contributed by atoms with Crippen molar-refractivity contribution in [2.75, 3.05) is 14.2 Å². The van der Waals surface area contributed by atoms with E-state index >= 15 is 0 Å². The fourth-order valence-corrected chi connectivity index (χ4v) is 2.91. The topological polar surface area (TPSA) is 70.3 Å². The smallest absolute Gasteiger partial charge is 0.251 e. The van der Waals surface area contributed by atoms with Crippen LogP contribution in [0.3, 0.4) is 0 Å². The molecule has 130 valence electrons. The zero-order valence-electron chi connectivity index (χ0n) is 14.7. The summed E-state index contributed by atoms with van der Waals surface area (Å²) in [5.74, 6) is 2.24. The average molecular weight is 347 g/mol. The Balaban J connectivity index is 1.82. The summed E-state index contributed by atoms with van der Waals surface area (Å²) in [6, 6.07) is 15.3. The Bertz CT molecular complexity index is 1090. The van der Waals surface area contributed by atoms with Gasteiger partial charge in [0.15, 0.2) is 0 Å². The van der Waals surface area contributed by atoms with E-state index < -0.39 is 0 Å². The molecule has 0 unspecified atom stereocenters. The van der Waals surface area contributed by atoms with Gasteiger partial charge >= 0.3 is 0 Å². The lowest BCUT2D eigenvalue weighted by Gasteiger charge is -2.07. The van der Waals surface area contributed by atoms with Crippen LogP contribution in [0.4, 0.5) is 0 Å². The molecule has 0 N–H and O–H groups in total. The summed E-state index contributed by atoms with van der Waals surface area (Å²) in [7, 11) is 3.25. The maximum absolute atomic E-state index is 5.91. The van der Waals surface area contributed by atoms with Gasteiger partial charge in [0.1, 0.15) is 17.0 Å². The Hall–Kier alpha value is -3.41. The van der Waals surface area contributed by atoms with E-state index in [1.807, 2.05) is 55.5 Å². The van der Waals surface area contributed by atoms with Gasteiger partial charge in [-0.05, 0) is 31.2 Å². The molecule has 0 aliphatic heterocycles. The highest BCUT2D eigenvalue weighted by molar-refractivity contribution is 5.88. The third-order valence-electron chi connectivity index (χ3n) is 4.21. The summed E-state index contributed by atoms with van der Waals surface area (Å²) in [5.41, 5.74) is 3.14. The maximum atomic E-state index is 5.91. The Morgan fingerprint density at radius 1 is 0.808 bits per heavy atom. The Morgan fingerprint density at radius 2 is 1.50 bits per heavy atom. The molecule has 4 aromatic rings. The number of fused-ring (bicyclic) bond motifs is 1. The van der Waals surface area contributed by atoms with Crippen LogP contribution in [0.2, 0.25) is 0 Å². The molecule has 2 aromatic carbocycles. The van der Waals surface area contributed by atoms with Crippen molar-refractivity contribution in [3.8, 4) is 34.4 Å². The zero-order valence-corrected chi connectivity index (χ0v) is 14.7. The van der Waals surface area contributed by atoms with Crippen molar-refractivity contribution in [2.24, 2.45) is 0 Å². The van der Waals surface area contributed by atoms with Gasteiger partial charge in [0.2, 0.25) is 5.89 Å². The number of hydrogen-bond acceptors (Lipinski definition) is 6. The predicted molar refractivity (Wildman–Crippen MR) is 98.3 cm³/mol. The first-order valence-electron chi connectivity index (χ1n) is 8.13. The first kappa shape index (κ1) is 16.1. The van der Waals surface area contributed by atoms with Crippen LogP contribution in [0.1, 0.15) is 5.69 Å². The number of methoxy groups -OCH3 is 2. The minimum Gasteiger partial charge on any atom is -0.496 e. The third-order valence-corrected chi connectivity index (χ3v) is 4.21. The molecule has 0 aliphatic rings. The first-order chi connectivity index (χ1) is 12.7. The third kappa shape index (κ3) is 2.65. The minimum absolute atomic E-state index is 0.405. The van der Waals surface area contributed by atoms with Gasteiger partial charge in [-0.2, -0.15) is 0 Å². The van der Waals surface area contributed by atoms with Crippen LogP contribution < -0.4 is 9.47 Å². The van der Waals surface area contributed by atoms with Crippen LogP contribution in [0.5, 0.6) is 11.5 Å². The number of nitrogens with zero attached hydrogens (tertiary/aromatic N) is 3. The fraction of sp³-hybridized carbons (Fsp3) is 0.150. The molecule has 0 radical (unpaired) electrons. The van der Waals surface area contributed by atoms with Gasteiger partial charge in [0.05, 0.1) is 31.0 Å². The summed E-state index contributed by atoms with van der Waals surface area (Å²) in [6.07, 6.45) is 0. The Kier molecular flexibility index (Phi) is 4.01. The second kappa shape index (κ2) is 6.48. The van der Waals surface area contributed by atoms with E-state index in [2.05, 4.69) is 15.2 Å². The van der Waals surface area contributed by atoms with Crippen molar-refractivity contribution in [2.45, 2.75) is 6.92 Å². The molecule has 0 saturated heterocycles. The second-order valence-corrected chi connectivity index (χ2v) is 5.77. The van der Waals surface area contributed by atoms with E-state index in [9.17, 15) is 0 Å². The molecule has 6 heteroatoms. The summed E-state index contributed by atoms with van der Waals surface area (Å²) in [5, 5.41) is 9.33. The van der Waals surface area contributed by atoms with Crippen molar-refractivity contribution < 1.29 is 13.9 Å². The minimum atomic E-state index is 0.405. The fourth-order valence-electron chi connectivity index (χ4n) is 2.91. The predicted octanol–water partition coefficient (Wildman–Crippen LogP) is 4.28. The highest BCUT2D eigenvalue weighted by Gasteiger charge is 2.17. The first-order valence-corrected chi connectivity index (χ1v) is 8.13. The van der Waals surface area contributed by atoms with Gasteiger partial charge < -0.3 is 13.9 Å². The molecule has 6 nitrogen and oxygen atoms in total. The van der Waals surface area contributed by atoms with Gasteiger partial charge in [0, 0.05) is 5.39 Å². The Labute approximate surface area is 150 Å². The van der Waals surface area contributed by atoms with Crippen molar-refractivity contribution in [1.29, 1.82) is 0 Å². The van der Waals surface area contributed by atoms with Crippen LogP contribution in [-0.2, 0) is 0 Å². The van der Waals surface area contributed by atoms with Gasteiger partial charge in [-0.3, -0.25) is 0 Å². The molecule has 0 atom stereocenters. The van der Waals surface area contributed by atoms with Crippen molar-refractivity contribution in [3.05, 3.63) is 54.2 Å². The van der Waals surface area contributed by atoms with E-state index in [4.69, 9.17) is 13.9 Å². The molecule has 0 bridgehead atoms. The SMILES string of the molecule is COc1ccccc1-c1nnc(-c2cc3cccc(OC)c3nc2C)o1. The second-order valence-electron chi connectivity index (χ2n) is 5.77. The van der Waals surface area contributed by atoms with Gasteiger partial charge in [-0.1, -0.05) is 24.3 Å². The molecule has 2 aromatic heterocycles. The number of aryl methyl sites for hydroxylation is 1. The molecule has 0 amide bonds. The quantitative estimate of drug-likeness (QED) is 0.549. The molecular weight excluding hydrogens is 330 g/mol. The number of hydrogen-bond donors (Lipinski definition) is 0. The lowest BCUT2D eigenvalue weighted by molar-refractivity contribution is 0.414. The molecule has 4 rings (SSSR count). The average Bonchev–Trinajstić information content (AvgIpc) is 3.16. The van der Waals surface area contributed by atoms with Crippen molar-refractivity contribution in [1.82, 2.24) is 15.2 Å².